The Bertz CT molecular complexity index is 176. The zero-order valence-electron chi connectivity index (χ0n) is 7.47. The number of carbonyl (C=O) groups excluding carboxylic acids is 1. The summed E-state index contributed by atoms with van der Waals surface area (Å²) in [5.74, 6) is 0.117. The van der Waals surface area contributed by atoms with Gasteiger partial charge in [-0.3, -0.25) is 4.79 Å². The largest absolute Gasteiger partial charge is 0.370 e. The normalized spacial score (nSPS) is 19.9. The zero-order chi connectivity index (χ0) is 9.19. The summed E-state index contributed by atoms with van der Waals surface area (Å²) in [7, 11) is 0. The highest BCUT2D eigenvalue weighted by atomic mass is 127. The molecule has 70 valence electrons. The minimum Gasteiger partial charge on any atom is -0.370 e. The molecule has 0 radical (unpaired) electrons. The molecule has 1 amide bonds. The fraction of sp³-hybridized carbons (Fsp3) is 0.875. The summed E-state index contributed by atoms with van der Waals surface area (Å²) in [5.41, 5.74) is 0. The molecule has 1 heterocycles. The maximum Gasteiger partial charge on any atom is 0.248 e. The summed E-state index contributed by atoms with van der Waals surface area (Å²) in [6, 6.07) is 0. The molecule has 1 aliphatic rings. The van der Waals surface area contributed by atoms with Crippen LogP contribution in [-0.4, -0.2) is 40.5 Å². The van der Waals surface area contributed by atoms with Gasteiger partial charge in [0.1, 0.15) is 6.61 Å². The van der Waals surface area contributed by atoms with Crippen LogP contribution in [-0.2, 0) is 9.53 Å². The topological polar surface area (TPSA) is 29.5 Å². The number of amides is 1. The second-order valence-corrected chi connectivity index (χ2v) is 6.51. The maximum absolute atomic E-state index is 11.3. The van der Waals surface area contributed by atoms with Crippen molar-refractivity contribution in [3.8, 4) is 0 Å². The molecule has 1 saturated heterocycles. The fourth-order valence-electron chi connectivity index (χ4n) is 1.17. The van der Waals surface area contributed by atoms with E-state index in [-0.39, 0.29) is 15.9 Å². The number of nitrogens with zero attached hydrogens (tertiary/aromatic N) is 1. The molecule has 0 N–H and O–H groups in total. The molecule has 0 spiro atoms. The lowest BCUT2D eigenvalue weighted by atomic mass is 10.2. The Morgan fingerprint density at radius 2 is 2.33 bits per heavy atom. The molecule has 0 saturated carbocycles. The summed E-state index contributed by atoms with van der Waals surface area (Å²) >= 11 is 2.35. The third kappa shape index (κ3) is 3.26. The Kier molecular flexibility index (Phi) is 3.34. The number of ether oxygens (including phenoxy) is 1. The highest BCUT2D eigenvalue weighted by Crippen LogP contribution is 2.18. The Labute approximate surface area is 86.6 Å². The predicted octanol–water partition coefficient (Wildman–Crippen LogP) is 1.06. The van der Waals surface area contributed by atoms with Crippen LogP contribution in [0.3, 0.4) is 0 Å². The van der Waals surface area contributed by atoms with Crippen LogP contribution in [0.5, 0.6) is 0 Å². The van der Waals surface area contributed by atoms with Gasteiger partial charge in [0.05, 0.1) is 6.61 Å². The number of rotatable bonds is 2. The minimum absolute atomic E-state index is 0.117. The Hall–Kier alpha value is 0.160. The van der Waals surface area contributed by atoms with Gasteiger partial charge in [0, 0.05) is 16.5 Å². The number of hydrogen-bond acceptors (Lipinski definition) is 2. The molecule has 1 fully saturated rings. The molecule has 0 aliphatic carbocycles. The Morgan fingerprint density at radius 1 is 1.67 bits per heavy atom. The number of morpholine rings is 1. The molecule has 0 aromatic carbocycles. The van der Waals surface area contributed by atoms with E-state index in [1.165, 1.54) is 0 Å². The van der Waals surface area contributed by atoms with Gasteiger partial charge in [-0.1, -0.05) is 22.6 Å². The average Bonchev–Trinajstić information content (AvgIpc) is 1.91. The van der Waals surface area contributed by atoms with Crippen molar-refractivity contribution >= 4 is 28.5 Å². The average molecular weight is 283 g/mol. The van der Waals surface area contributed by atoms with Crippen molar-refractivity contribution < 1.29 is 9.53 Å². The van der Waals surface area contributed by atoms with E-state index in [1.54, 1.807) is 0 Å². The van der Waals surface area contributed by atoms with Gasteiger partial charge >= 0.3 is 0 Å². The summed E-state index contributed by atoms with van der Waals surface area (Å²) in [4.78, 5) is 13.1. The van der Waals surface area contributed by atoms with Crippen LogP contribution in [0.4, 0.5) is 0 Å². The van der Waals surface area contributed by atoms with Crippen molar-refractivity contribution in [3.63, 3.8) is 0 Å². The van der Waals surface area contributed by atoms with Crippen molar-refractivity contribution in [1.82, 2.24) is 4.90 Å². The van der Waals surface area contributed by atoms with Gasteiger partial charge in [0.15, 0.2) is 0 Å². The van der Waals surface area contributed by atoms with E-state index in [2.05, 4.69) is 36.4 Å². The lowest BCUT2D eigenvalue weighted by molar-refractivity contribution is -0.142. The van der Waals surface area contributed by atoms with Gasteiger partial charge in [-0.2, -0.15) is 0 Å². The first-order valence-corrected chi connectivity index (χ1v) is 5.11. The van der Waals surface area contributed by atoms with Gasteiger partial charge in [0.25, 0.3) is 0 Å². The lowest BCUT2D eigenvalue weighted by Gasteiger charge is -2.31. The number of halogens is 1. The van der Waals surface area contributed by atoms with E-state index < -0.39 is 0 Å². The van der Waals surface area contributed by atoms with E-state index in [1.807, 2.05) is 4.90 Å². The molecular formula is C8H14INO2. The van der Waals surface area contributed by atoms with Crippen LogP contribution < -0.4 is 0 Å². The SMILES string of the molecule is CC(C)(I)CN1CCOCC1=O. The highest BCUT2D eigenvalue weighted by Gasteiger charge is 2.24. The van der Waals surface area contributed by atoms with Gasteiger partial charge in [-0.15, -0.1) is 0 Å². The van der Waals surface area contributed by atoms with Crippen LogP contribution in [0, 0.1) is 0 Å². The van der Waals surface area contributed by atoms with Crippen molar-refractivity contribution in [2.45, 2.75) is 17.3 Å². The van der Waals surface area contributed by atoms with Gasteiger partial charge in [-0.05, 0) is 13.8 Å². The van der Waals surface area contributed by atoms with Crippen molar-refractivity contribution in [3.05, 3.63) is 0 Å². The molecule has 1 rings (SSSR count). The number of hydrogen-bond donors (Lipinski definition) is 0. The van der Waals surface area contributed by atoms with Gasteiger partial charge in [-0.25, -0.2) is 0 Å². The quantitative estimate of drug-likeness (QED) is 0.560. The summed E-state index contributed by atoms with van der Waals surface area (Å²) < 4.78 is 5.19. The molecule has 3 nitrogen and oxygen atoms in total. The Balaban J connectivity index is 2.45. The van der Waals surface area contributed by atoms with Gasteiger partial charge in [0.2, 0.25) is 5.91 Å². The van der Waals surface area contributed by atoms with E-state index in [4.69, 9.17) is 4.74 Å². The molecule has 0 aromatic heterocycles. The number of alkyl halides is 1. The molecule has 4 heteroatoms. The molecule has 0 unspecified atom stereocenters. The maximum atomic E-state index is 11.3. The minimum atomic E-state index is 0.117. The van der Waals surface area contributed by atoms with Crippen LogP contribution in [0.1, 0.15) is 13.8 Å². The van der Waals surface area contributed by atoms with Crippen LogP contribution >= 0.6 is 22.6 Å². The predicted molar refractivity (Wildman–Crippen MR) is 55.5 cm³/mol. The smallest absolute Gasteiger partial charge is 0.248 e. The second-order valence-electron chi connectivity index (χ2n) is 3.59. The monoisotopic (exact) mass is 283 g/mol. The highest BCUT2D eigenvalue weighted by molar-refractivity contribution is 14.1. The first kappa shape index (κ1) is 10.2. The van der Waals surface area contributed by atoms with Crippen LogP contribution in [0.2, 0.25) is 0 Å². The van der Waals surface area contributed by atoms with E-state index in [0.717, 1.165) is 13.1 Å². The third-order valence-corrected chi connectivity index (χ3v) is 1.99. The van der Waals surface area contributed by atoms with Gasteiger partial charge < -0.3 is 9.64 Å². The summed E-state index contributed by atoms with van der Waals surface area (Å²) in [6.07, 6.45) is 0. The van der Waals surface area contributed by atoms with Crippen LogP contribution in [0.25, 0.3) is 0 Å². The molecule has 1 aliphatic heterocycles. The van der Waals surface area contributed by atoms with E-state index in [9.17, 15) is 4.79 Å². The zero-order valence-corrected chi connectivity index (χ0v) is 9.63. The third-order valence-electron chi connectivity index (χ3n) is 1.65. The molecule has 12 heavy (non-hydrogen) atoms. The van der Waals surface area contributed by atoms with Crippen molar-refractivity contribution in [2.75, 3.05) is 26.3 Å². The summed E-state index contributed by atoms with van der Waals surface area (Å²) in [6.45, 7) is 6.73. The molecule has 0 aromatic rings. The molecule has 0 atom stereocenters. The number of carbonyl (C=O) groups is 1. The Morgan fingerprint density at radius 3 is 2.83 bits per heavy atom. The van der Waals surface area contributed by atoms with Crippen molar-refractivity contribution in [2.24, 2.45) is 0 Å². The molecule has 0 bridgehead atoms. The first-order chi connectivity index (χ1) is 5.49. The van der Waals surface area contributed by atoms with E-state index in [0.29, 0.717) is 6.61 Å². The lowest BCUT2D eigenvalue weighted by Crippen LogP contribution is -2.46. The first-order valence-electron chi connectivity index (χ1n) is 4.03. The van der Waals surface area contributed by atoms with Crippen molar-refractivity contribution in [1.29, 1.82) is 0 Å². The second kappa shape index (κ2) is 3.91. The fourth-order valence-corrected chi connectivity index (χ4v) is 1.58. The van der Waals surface area contributed by atoms with E-state index >= 15 is 0 Å². The van der Waals surface area contributed by atoms with Crippen LogP contribution in [0.15, 0.2) is 0 Å². The standard InChI is InChI=1S/C8H14INO2/c1-8(2,9)6-10-3-4-12-5-7(10)11/h3-6H2,1-2H3. The molecular weight excluding hydrogens is 269 g/mol. The summed E-state index contributed by atoms with van der Waals surface area (Å²) in [5, 5.41) is 0.